The summed E-state index contributed by atoms with van der Waals surface area (Å²) in [5, 5.41) is 5.97. The fourth-order valence-electron chi connectivity index (χ4n) is 3.63. The van der Waals surface area contributed by atoms with Crippen LogP contribution in [-0.4, -0.2) is 55.1 Å². The van der Waals surface area contributed by atoms with E-state index in [0.717, 1.165) is 43.7 Å². The number of carbonyl (C=O) groups is 2. The van der Waals surface area contributed by atoms with Gasteiger partial charge in [-0.2, -0.15) is 0 Å². The minimum Gasteiger partial charge on any atom is -0.336 e. The topological polar surface area (TPSA) is 64.7 Å². The Morgan fingerprint density at radius 2 is 1.96 bits per heavy atom. The summed E-state index contributed by atoms with van der Waals surface area (Å²) in [6, 6.07) is 5.81. The van der Waals surface area contributed by atoms with Crippen molar-refractivity contribution in [3.05, 3.63) is 29.3 Å². The summed E-state index contributed by atoms with van der Waals surface area (Å²) in [6.07, 6.45) is 2.35. The SMILES string of the molecule is CCN(CC)CCC[C@H](C)NC(=O)N[C@@H]1CC(=O)N(c2ccc(C)c(C)c2)C1. The van der Waals surface area contributed by atoms with E-state index in [2.05, 4.69) is 36.3 Å². The second-order valence-corrected chi connectivity index (χ2v) is 7.86. The third kappa shape index (κ3) is 6.23. The van der Waals surface area contributed by atoms with Crippen LogP contribution in [-0.2, 0) is 4.79 Å². The highest BCUT2D eigenvalue weighted by molar-refractivity contribution is 5.96. The molecule has 1 aromatic rings. The summed E-state index contributed by atoms with van der Waals surface area (Å²) in [6.45, 7) is 14.2. The Morgan fingerprint density at radius 1 is 1.25 bits per heavy atom. The number of nitrogens with one attached hydrogen (secondary N) is 2. The van der Waals surface area contributed by atoms with Crippen molar-refractivity contribution in [1.29, 1.82) is 0 Å². The number of rotatable bonds is 9. The number of benzene rings is 1. The highest BCUT2D eigenvalue weighted by Gasteiger charge is 2.31. The molecule has 6 nitrogen and oxygen atoms in total. The molecule has 28 heavy (non-hydrogen) atoms. The van der Waals surface area contributed by atoms with Crippen molar-refractivity contribution in [3.8, 4) is 0 Å². The van der Waals surface area contributed by atoms with Gasteiger partial charge in [-0.1, -0.05) is 19.9 Å². The number of carbonyl (C=O) groups excluding carboxylic acids is 2. The van der Waals surface area contributed by atoms with Crippen molar-refractivity contribution in [2.24, 2.45) is 0 Å². The Morgan fingerprint density at radius 3 is 2.61 bits per heavy atom. The predicted molar refractivity (Wildman–Crippen MR) is 115 cm³/mol. The lowest BCUT2D eigenvalue weighted by Gasteiger charge is -2.21. The maximum Gasteiger partial charge on any atom is 0.315 e. The molecule has 0 bridgehead atoms. The number of anilines is 1. The monoisotopic (exact) mass is 388 g/mol. The molecule has 0 aromatic heterocycles. The molecule has 6 heteroatoms. The van der Waals surface area contributed by atoms with E-state index in [1.807, 2.05) is 32.0 Å². The summed E-state index contributed by atoms with van der Waals surface area (Å²) in [5.41, 5.74) is 3.28. The lowest BCUT2D eigenvalue weighted by atomic mass is 10.1. The molecule has 156 valence electrons. The Balaban J connectivity index is 1.78. The number of hydrogen-bond donors (Lipinski definition) is 2. The van der Waals surface area contributed by atoms with Gasteiger partial charge < -0.3 is 20.4 Å². The summed E-state index contributed by atoms with van der Waals surface area (Å²) in [7, 11) is 0. The van der Waals surface area contributed by atoms with Gasteiger partial charge in [0, 0.05) is 24.7 Å². The molecule has 1 aliphatic rings. The lowest BCUT2D eigenvalue weighted by Crippen LogP contribution is -2.46. The van der Waals surface area contributed by atoms with Crippen LogP contribution in [0.1, 0.15) is 51.2 Å². The Hall–Kier alpha value is -2.08. The van der Waals surface area contributed by atoms with Crippen LogP contribution >= 0.6 is 0 Å². The summed E-state index contributed by atoms with van der Waals surface area (Å²) < 4.78 is 0. The molecule has 0 spiro atoms. The molecule has 2 N–H and O–H groups in total. The van der Waals surface area contributed by atoms with Crippen LogP contribution in [0.2, 0.25) is 0 Å². The quantitative estimate of drug-likeness (QED) is 0.683. The summed E-state index contributed by atoms with van der Waals surface area (Å²) >= 11 is 0. The first-order valence-electron chi connectivity index (χ1n) is 10.5. The van der Waals surface area contributed by atoms with E-state index in [1.165, 1.54) is 5.56 Å². The van der Waals surface area contributed by atoms with Crippen molar-refractivity contribution < 1.29 is 9.59 Å². The normalized spacial score (nSPS) is 17.9. The highest BCUT2D eigenvalue weighted by Crippen LogP contribution is 2.24. The first-order valence-corrected chi connectivity index (χ1v) is 10.5. The Labute approximate surface area is 169 Å². The zero-order valence-corrected chi connectivity index (χ0v) is 18.0. The van der Waals surface area contributed by atoms with Gasteiger partial charge in [0.15, 0.2) is 0 Å². The van der Waals surface area contributed by atoms with Crippen LogP contribution in [0.4, 0.5) is 10.5 Å². The smallest absolute Gasteiger partial charge is 0.315 e. The second kappa shape index (κ2) is 10.5. The van der Waals surface area contributed by atoms with Gasteiger partial charge in [-0.25, -0.2) is 4.79 Å². The molecule has 1 aromatic carbocycles. The van der Waals surface area contributed by atoms with Crippen molar-refractivity contribution in [2.75, 3.05) is 31.1 Å². The molecule has 2 atom stereocenters. The van der Waals surface area contributed by atoms with E-state index < -0.39 is 0 Å². The van der Waals surface area contributed by atoms with E-state index in [-0.39, 0.29) is 24.0 Å². The van der Waals surface area contributed by atoms with E-state index in [4.69, 9.17) is 0 Å². The maximum absolute atomic E-state index is 12.4. The van der Waals surface area contributed by atoms with Crippen molar-refractivity contribution in [3.63, 3.8) is 0 Å². The first kappa shape index (κ1) is 22.2. The fraction of sp³-hybridized carbons (Fsp3) is 0.636. The van der Waals surface area contributed by atoms with Crippen LogP contribution in [0, 0.1) is 13.8 Å². The molecule has 1 saturated heterocycles. The number of amides is 3. The molecular weight excluding hydrogens is 352 g/mol. The molecule has 1 heterocycles. The van der Waals surface area contributed by atoms with Crippen LogP contribution in [0.5, 0.6) is 0 Å². The van der Waals surface area contributed by atoms with E-state index in [0.29, 0.717) is 13.0 Å². The molecule has 1 fully saturated rings. The maximum atomic E-state index is 12.4. The van der Waals surface area contributed by atoms with Crippen LogP contribution in [0.15, 0.2) is 18.2 Å². The molecule has 3 amide bonds. The Kier molecular flexibility index (Phi) is 8.30. The molecule has 0 unspecified atom stereocenters. The molecule has 1 aliphatic heterocycles. The van der Waals surface area contributed by atoms with Crippen LogP contribution < -0.4 is 15.5 Å². The molecular formula is C22H36N4O2. The minimum atomic E-state index is -0.185. The van der Waals surface area contributed by atoms with E-state index in [1.54, 1.807) is 4.90 Å². The van der Waals surface area contributed by atoms with Crippen LogP contribution in [0.25, 0.3) is 0 Å². The van der Waals surface area contributed by atoms with Gasteiger partial charge >= 0.3 is 6.03 Å². The van der Waals surface area contributed by atoms with Gasteiger partial charge in [-0.05, 0) is 76.5 Å². The predicted octanol–water partition coefficient (Wildman–Crippen LogP) is 3.22. The molecule has 0 saturated carbocycles. The largest absolute Gasteiger partial charge is 0.336 e. The Bertz CT molecular complexity index is 673. The summed E-state index contributed by atoms with van der Waals surface area (Å²) in [5.74, 6) is 0.0563. The molecule has 0 radical (unpaired) electrons. The number of aryl methyl sites for hydroxylation is 2. The molecule has 2 rings (SSSR count). The van der Waals surface area contributed by atoms with Gasteiger partial charge in [0.2, 0.25) is 5.91 Å². The van der Waals surface area contributed by atoms with Gasteiger partial charge in [0.1, 0.15) is 0 Å². The van der Waals surface area contributed by atoms with Gasteiger partial charge in [-0.3, -0.25) is 4.79 Å². The van der Waals surface area contributed by atoms with Gasteiger partial charge in [0.25, 0.3) is 0 Å². The van der Waals surface area contributed by atoms with E-state index in [9.17, 15) is 9.59 Å². The van der Waals surface area contributed by atoms with Crippen LogP contribution in [0.3, 0.4) is 0 Å². The first-order chi connectivity index (χ1) is 13.3. The van der Waals surface area contributed by atoms with Crippen molar-refractivity contribution in [2.45, 2.75) is 66.0 Å². The van der Waals surface area contributed by atoms with Crippen molar-refractivity contribution in [1.82, 2.24) is 15.5 Å². The molecule has 0 aliphatic carbocycles. The van der Waals surface area contributed by atoms with Crippen molar-refractivity contribution >= 4 is 17.6 Å². The van der Waals surface area contributed by atoms with Gasteiger partial charge in [0.05, 0.1) is 6.04 Å². The van der Waals surface area contributed by atoms with Gasteiger partial charge in [-0.15, -0.1) is 0 Å². The number of hydrogen-bond acceptors (Lipinski definition) is 3. The summed E-state index contributed by atoms with van der Waals surface area (Å²) in [4.78, 5) is 28.9. The zero-order valence-electron chi connectivity index (χ0n) is 18.0. The highest BCUT2D eigenvalue weighted by atomic mass is 16.2. The number of nitrogens with zero attached hydrogens (tertiary/aromatic N) is 2. The second-order valence-electron chi connectivity index (χ2n) is 7.86. The third-order valence-electron chi connectivity index (χ3n) is 5.65. The standard InChI is InChI=1S/C22H36N4O2/c1-6-25(7-2)12-8-9-18(5)23-22(28)24-19-14-21(27)26(15-19)20-11-10-16(3)17(4)13-20/h10-11,13,18-19H,6-9,12,14-15H2,1-5H3,(H2,23,24,28)/t18-,19+/m0/s1. The fourth-order valence-corrected chi connectivity index (χ4v) is 3.63. The van der Waals surface area contributed by atoms with E-state index >= 15 is 0 Å². The minimum absolute atomic E-state index is 0.0563. The zero-order chi connectivity index (χ0) is 20.7. The lowest BCUT2D eigenvalue weighted by molar-refractivity contribution is -0.117. The average Bonchev–Trinajstić information content (AvgIpc) is 3.01. The third-order valence-corrected chi connectivity index (χ3v) is 5.65. The number of urea groups is 1. The average molecular weight is 389 g/mol.